The number of amides is 1. The van der Waals surface area contributed by atoms with Crippen LogP contribution in [0, 0.1) is 0 Å². The maximum absolute atomic E-state index is 13.1. The van der Waals surface area contributed by atoms with Crippen molar-refractivity contribution in [3.63, 3.8) is 0 Å². The van der Waals surface area contributed by atoms with Gasteiger partial charge in [-0.05, 0) is 79.7 Å². The van der Waals surface area contributed by atoms with E-state index in [1.165, 1.54) is 4.80 Å². The van der Waals surface area contributed by atoms with Crippen molar-refractivity contribution in [2.75, 3.05) is 10.2 Å². The molecule has 1 heterocycles. The normalized spacial score (nSPS) is 10.9. The van der Waals surface area contributed by atoms with Crippen LogP contribution in [0.1, 0.15) is 13.8 Å². The number of para-hydroxylation sites is 1. The second-order valence-electron chi connectivity index (χ2n) is 7.55. The summed E-state index contributed by atoms with van der Waals surface area (Å²) in [5.74, 6) is 0.325. The predicted molar refractivity (Wildman–Crippen MR) is 127 cm³/mol. The summed E-state index contributed by atoms with van der Waals surface area (Å²) in [7, 11) is 0. The summed E-state index contributed by atoms with van der Waals surface area (Å²) in [6, 6.07) is 24.8. The third-order valence-corrected chi connectivity index (χ3v) is 5.08. The first-order valence-electron chi connectivity index (χ1n) is 10.3. The zero-order valence-electron chi connectivity index (χ0n) is 17.8. The first kappa shape index (κ1) is 21.5. The molecule has 0 atom stereocenters. The SMILES string of the molecule is CC(C)N(C(=O)Cn1nnc(-c2ccc(Cl)cc2)n1)c1ccc(Nc2ccccc2)cc1. The number of benzene rings is 3. The fourth-order valence-electron chi connectivity index (χ4n) is 3.35. The van der Waals surface area contributed by atoms with Crippen molar-refractivity contribution in [1.82, 2.24) is 20.2 Å². The van der Waals surface area contributed by atoms with E-state index in [9.17, 15) is 4.79 Å². The third-order valence-electron chi connectivity index (χ3n) is 4.82. The Morgan fingerprint density at radius 2 is 1.62 bits per heavy atom. The minimum Gasteiger partial charge on any atom is -0.356 e. The number of nitrogens with one attached hydrogen (secondary N) is 1. The van der Waals surface area contributed by atoms with Crippen LogP contribution in [0.5, 0.6) is 0 Å². The number of carbonyl (C=O) groups excluding carboxylic acids is 1. The summed E-state index contributed by atoms with van der Waals surface area (Å²) in [6.45, 7) is 3.94. The lowest BCUT2D eigenvalue weighted by Crippen LogP contribution is -2.39. The van der Waals surface area contributed by atoms with Gasteiger partial charge in [-0.1, -0.05) is 29.8 Å². The topological polar surface area (TPSA) is 75.9 Å². The third kappa shape index (κ3) is 5.12. The Labute approximate surface area is 191 Å². The number of hydrogen-bond acceptors (Lipinski definition) is 5. The van der Waals surface area contributed by atoms with Gasteiger partial charge < -0.3 is 10.2 Å². The van der Waals surface area contributed by atoms with E-state index in [0.29, 0.717) is 10.8 Å². The van der Waals surface area contributed by atoms with Gasteiger partial charge in [-0.2, -0.15) is 4.80 Å². The van der Waals surface area contributed by atoms with Gasteiger partial charge in [-0.15, -0.1) is 10.2 Å². The summed E-state index contributed by atoms with van der Waals surface area (Å²) in [5, 5.41) is 16.4. The maximum Gasteiger partial charge on any atom is 0.250 e. The van der Waals surface area contributed by atoms with Crippen molar-refractivity contribution in [1.29, 1.82) is 0 Å². The number of nitrogens with zero attached hydrogens (tertiary/aromatic N) is 5. The molecule has 4 rings (SSSR count). The largest absolute Gasteiger partial charge is 0.356 e. The van der Waals surface area contributed by atoms with Gasteiger partial charge in [0.15, 0.2) is 0 Å². The molecule has 0 unspecified atom stereocenters. The summed E-state index contributed by atoms with van der Waals surface area (Å²) >= 11 is 5.93. The number of tetrazole rings is 1. The highest BCUT2D eigenvalue weighted by atomic mass is 35.5. The van der Waals surface area contributed by atoms with Crippen LogP contribution in [0.4, 0.5) is 17.1 Å². The van der Waals surface area contributed by atoms with Gasteiger partial charge in [0.05, 0.1) is 0 Å². The molecule has 4 aromatic rings. The van der Waals surface area contributed by atoms with Gasteiger partial charge >= 0.3 is 0 Å². The molecule has 0 aliphatic heterocycles. The lowest BCUT2D eigenvalue weighted by molar-refractivity contribution is -0.119. The molecule has 0 radical (unpaired) electrons. The van der Waals surface area contributed by atoms with Crippen LogP contribution in [0.15, 0.2) is 78.9 Å². The molecule has 0 saturated carbocycles. The summed E-state index contributed by atoms with van der Waals surface area (Å²) < 4.78 is 0. The lowest BCUT2D eigenvalue weighted by Gasteiger charge is -2.27. The second kappa shape index (κ2) is 9.62. The van der Waals surface area contributed by atoms with Gasteiger partial charge in [0.1, 0.15) is 6.54 Å². The Morgan fingerprint density at radius 1 is 0.969 bits per heavy atom. The molecule has 0 aliphatic carbocycles. The van der Waals surface area contributed by atoms with E-state index in [2.05, 4.69) is 20.7 Å². The van der Waals surface area contributed by atoms with Crippen LogP contribution in [0.2, 0.25) is 5.02 Å². The Morgan fingerprint density at radius 3 is 2.28 bits per heavy atom. The molecule has 162 valence electrons. The van der Waals surface area contributed by atoms with E-state index in [4.69, 9.17) is 11.6 Å². The highest BCUT2D eigenvalue weighted by Gasteiger charge is 2.21. The van der Waals surface area contributed by atoms with E-state index < -0.39 is 0 Å². The number of carbonyl (C=O) groups is 1. The molecule has 1 aromatic heterocycles. The average molecular weight is 447 g/mol. The van der Waals surface area contributed by atoms with Crippen molar-refractivity contribution >= 4 is 34.6 Å². The molecule has 1 N–H and O–H groups in total. The number of hydrogen-bond donors (Lipinski definition) is 1. The van der Waals surface area contributed by atoms with Gasteiger partial charge in [0.2, 0.25) is 5.82 Å². The molecular formula is C24H23ClN6O. The Kier molecular flexibility index (Phi) is 6.47. The van der Waals surface area contributed by atoms with E-state index in [1.807, 2.05) is 80.6 Å². The molecule has 0 spiro atoms. The summed E-state index contributed by atoms with van der Waals surface area (Å²) in [4.78, 5) is 16.1. The van der Waals surface area contributed by atoms with Crippen molar-refractivity contribution in [2.24, 2.45) is 0 Å². The fraction of sp³-hybridized carbons (Fsp3) is 0.167. The average Bonchev–Trinajstić information content (AvgIpc) is 3.24. The van der Waals surface area contributed by atoms with Crippen molar-refractivity contribution in [2.45, 2.75) is 26.4 Å². The quantitative estimate of drug-likeness (QED) is 0.423. The van der Waals surface area contributed by atoms with E-state index in [0.717, 1.165) is 22.6 Å². The molecule has 0 bridgehead atoms. The minimum absolute atomic E-state index is 0.0111. The standard InChI is InChI=1S/C24H23ClN6O/c1-17(2)31(22-14-12-21(13-15-22)26-20-6-4-3-5-7-20)23(32)16-30-28-24(27-29-30)18-8-10-19(25)11-9-18/h3-15,17,26H,16H2,1-2H3. The van der Waals surface area contributed by atoms with Gasteiger partial charge in [0.25, 0.3) is 5.91 Å². The monoisotopic (exact) mass is 446 g/mol. The molecule has 0 aliphatic rings. The molecule has 0 saturated heterocycles. The second-order valence-corrected chi connectivity index (χ2v) is 7.98. The van der Waals surface area contributed by atoms with Crippen molar-refractivity contribution in [3.8, 4) is 11.4 Å². The maximum atomic E-state index is 13.1. The number of aromatic nitrogens is 4. The first-order valence-corrected chi connectivity index (χ1v) is 10.7. The zero-order chi connectivity index (χ0) is 22.5. The highest BCUT2D eigenvalue weighted by Crippen LogP contribution is 2.23. The Balaban J connectivity index is 1.47. The van der Waals surface area contributed by atoms with Crippen LogP contribution in [-0.4, -0.2) is 32.2 Å². The van der Waals surface area contributed by atoms with Crippen molar-refractivity contribution < 1.29 is 4.79 Å². The number of halogens is 1. The van der Waals surface area contributed by atoms with Gasteiger partial charge in [0, 0.05) is 33.7 Å². The molecular weight excluding hydrogens is 424 g/mol. The van der Waals surface area contributed by atoms with Crippen LogP contribution in [0.3, 0.4) is 0 Å². The van der Waals surface area contributed by atoms with Crippen molar-refractivity contribution in [3.05, 3.63) is 83.9 Å². The van der Waals surface area contributed by atoms with E-state index in [-0.39, 0.29) is 18.5 Å². The molecule has 32 heavy (non-hydrogen) atoms. The molecule has 1 amide bonds. The smallest absolute Gasteiger partial charge is 0.250 e. The van der Waals surface area contributed by atoms with Crippen LogP contribution in [0.25, 0.3) is 11.4 Å². The highest BCUT2D eigenvalue weighted by molar-refractivity contribution is 6.30. The minimum atomic E-state index is -0.121. The van der Waals surface area contributed by atoms with Crippen LogP contribution >= 0.6 is 11.6 Å². The van der Waals surface area contributed by atoms with E-state index in [1.54, 1.807) is 17.0 Å². The fourth-order valence-corrected chi connectivity index (χ4v) is 3.47. The predicted octanol–water partition coefficient (Wildman–Crippen LogP) is 5.18. The van der Waals surface area contributed by atoms with Crippen LogP contribution in [-0.2, 0) is 11.3 Å². The Hall–Kier alpha value is -3.71. The zero-order valence-corrected chi connectivity index (χ0v) is 18.6. The van der Waals surface area contributed by atoms with Crippen LogP contribution < -0.4 is 10.2 Å². The summed E-state index contributed by atoms with van der Waals surface area (Å²) in [6.07, 6.45) is 0. The van der Waals surface area contributed by atoms with Gasteiger partial charge in [-0.25, -0.2) is 0 Å². The van der Waals surface area contributed by atoms with E-state index >= 15 is 0 Å². The molecule has 3 aromatic carbocycles. The first-order chi connectivity index (χ1) is 15.5. The summed E-state index contributed by atoms with van der Waals surface area (Å²) in [5.41, 5.74) is 3.55. The molecule has 0 fully saturated rings. The number of rotatable bonds is 7. The number of anilines is 3. The Bertz CT molecular complexity index is 1170. The molecule has 7 nitrogen and oxygen atoms in total. The lowest BCUT2D eigenvalue weighted by atomic mass is 10.2. The van der Waals surface area contributed by atoms with Gasteiger partial charge in [-0.3, -0.25) is 4.79 Å². The molecule has 8 heteroatoms.